The van der Waals surface area contributed by atoms with Crippen molar-refractivity contribution in [2.75, 3.05) is 26.2 Å². The van der Waals surface area contributed by atoms with Gasteiger partial charge in [0.2, 0.25) is 0 Å². The number of halogens is 2. The number of amides is 1. The number of ether oxygens (including phenoxy) is 2. The number of nitrogens with one attached hydrogen (secondary N) is 1. The lowest BCUT2D eigenvalue weighted by Crippen LogP contribution is -2.39. The standard InChI is InChI=1S/C13H17Cl2NO3/c1-18-6-5-11(8-14)16-13(17)9-19-12-4-2-3-10(15)7-12/h2-4,7,11H,5-6,8-9H2,1H3,(H,16,17). The molecule has 0 fully saturated rings. The molecule has 0 spiro atoms. The van der Waals surface area contributed by atoms with E-state index in [0.717, 1.165) is 0 Å². The molecule has 0 aliphatic rings. The number of carbonyl (C=O) groups is 1. The van der Waals surface area contributed by atoms with Gasteiger partial charge in [0.05, 0.1) is 0 Å². The van der Waals surface area contributed by atoms with Gasteiger partial charge in [-0.1, -0.05) is 17.7 Å². The highest BCUT2D eigenvalue weighted by atomic mass is 35.5. The highest BCUT2D eigenvalue weighted by Gasteiger charge is 2.11. The Morgan fingerprint density at radius 3 is 2.89 bits per heavy atom. The van der Waals surface area contributed by atoms with E-state index in [4.69, 9.17) is 32.7 Å². The second kappa shape index (κ2) is 9.02. The van der Waals surface area contributed by atoms with Crippen LogP contribution in [0.3, 0.4) is 0 Å². The number of methoxy groups -OCH3 is 1. The van der Waals surface area contributed by atoms with E-state index >= 15 is 0 Å². The Labute approximate surface area is 123 Å². The third-order valence-electron chi connectivity index (χ3n) is 2.39. The van der Waals surface area contributed by atoms with E-state index in [1.165, 1.54) is 0 Å². The minimum Gasteiger partial charge on any atom is -0.484 e. The molecule has 0 bridgehead atoms. The van der Waals surface area contributed by atoms with Crippen molar-refractivity contribution in [2.45, 2.75) is 12.5 Å². The molecular formula is C13H17Cl2NO3. The summed E-state index contributed by atoms with van der Waals surface area (Å²) in [5, 5.41) is 3.34. The van der Waals surface area contributed by atoms with Crippen LogP contribution >= 0.6 is 23.2 Å². The molecule has 1 aromatic carbocycles. The van der Waals surface area contributed by atoms with Crippen molar-refractivity contribution in [3.8, 4) is 5.75 Å². The van der Waals surface area contributed by atoms with Gasteiger partial charge in [-0.05, 0) is 24.6 Å². The van der Waals surface area contributed by atoms with E-state index in [1.807, 2.05) is 0 Å². The molecule has 1 amide bonds. The van der Waals surface area contributed by atoms with Crippen LogP contribution in [0.25, 0.3) is 0 Å². The van der Waals surface area contributed by atoms with Crippen molar-refractivity contribution in [3.05, 3.63) is 29.3 Å². The zero-order valence-corrected chi connectivity index (χ0v) is 12.2. The third kappa shape index (κ3) is 6.66. The molecule has 0 aromatic heterocycles. The van der Waals surface area contributed by atoms with Gasteiger partial charge in [0.25, 0.3) is 5.91 Å². The Morgan fingerprint density at radius 2 is 2.26 bits per heavy atom. The maximum atomic E-state index is 11.7. The number of benzene rings is 1. The molecule has 19 heavy (non-hydrogen) atoms. The van der Waals surface area contributed by atoms with Crippen molar-refractivity contribution >= 4 is 29.1 Å². The summed E-state index contributed by atoms with van der Waals surface area (Å²) in [6.07, 6.45) is 0.670. The van der Waals surface area contributed by atoms with Crippen LogP contribution in [0.2, 0.25) is 5.02 Å². The number of hydrogen-bond donors (Lipinski definition) is 1. The Bertz CT molecular complexity index is 401. The maximum Gasteiger partial charge on any atom is 0.258 e. The quantitative estimate of drug-likeness (QED) is 0.751. The summed E-state index contributed by atoms with van der Waals surface area (Å²) < 4.78 is 10.3. The van der Waals surface area contributed by atoms with E-state index in [0.29, 0.717) is 29.7 Å². The van der Waals surface area contributed by atoms with E-state index in [1.54, 1.807) is 31.4 Å². The van der Waals surface area contributed by atoms with Crippen LogP contribution in [-0.4, -0.2) is 38.2 Å². The lowest BCUT2D eigenvalue weighted by Gasteiger charge is -2.15. The Morgan fingerprint density at radius 1 is 1.47 bits per heavy atom. The normalized spacial score (nSPS) is 11.9. The summed E-state index contributed by atoms with van der Waals surface area (Å²) in [6, 6.07) is 6.78. The second-order valence-electron chi connectivity index (χ2n) is 3.95. The van der Waals surface area contributed by atoms with Crippen molar-refractivity contribution in [3.63, 3.8) is 0 Å². The predicted molar refractivity (Wildman–Crippen MR) is 76.1 cm³/mol. The van der Waals surface area contributed by atoms with Crippen LogP contribution < -0.4 is 10.1 Å². The minimum atomic E-state index is -0.221. The number of rotatable bonds is 8. The summed E-state index contributed by atoms with van der Waals surface area (Å²) >= 11 is 11.6. The second-order valence-corrected chi connectivity index (χ2v) is 4.69. The van der Waals surface area contributed by atoms with Gasteiger partial charge in [0.1, 0.15) is 5.75 Å². The van der Waals surface area contributed by atoms with Crippen molar-refractivity contribution in [1.29, 1.82) is 0 Å². The molecule has 6 heteroatoms. The van der Waals surface area contributed by atoms with E-state index in [-0.39, 0.29) is 18.6 Å². The fraction of sp³-hybridized carbons (Fsp3) is 0.462. The predicted octanol–water partition coefficient (Wildman–Crippen LogP) is 2.48. The van der Waals surface area contributed by atoms with Crippen LogP contribution in [0.5, 0.6) is 5.75 Å². The first kappa shape index (κ1) is 16.1. The lowest BCUT2D eigenvalue weighted by molar-refractivity contribution is -0.123. The molecule has 0 saturated carbocycles. The molecule has 0 aliphatic heterocycles. The van der Waals surface area contributed by atoms with Crippen LogP contribution in [-0.2, 0) is 9.53 Å². The molecule has 4 nitrogen and oxygen atoms in total. The molecule has 0 heterocycles. The van der Waals surface area contributed by atoms with Gasteiger partial charge < -0.3 is 14.8 Å². The highest BCUT2D eigenvalue weighted by Crippen LogP contribution is 2.16. The first-order chi connectivity index (χ1) is 9.15. The van der Waals surface area contributed by atoms with Crippen LogP contribution in [0.1, 0.15) is 6.42 Å². The fourth-order valence-corrected chi connectivity index (χ4v) is 1.83. The Balaban J connectivity index is 2.34. The molecule has 1 atom stereocenters. The zero-order chi connectivity index (χ0) is 14.1. The van der Waals surface area contributed by atoms with Gasteiger partial charge >= 0.3 is 0 Å². The van der Waals surface area contributed by atoms with E-state index in [2.05, 4.69) is 5.32 Å². The largest absolute Gasteiger partial charge is 0.484 e. The molecule has 1 aromatic rings. The summed E-state index contributed by atoms with van der Waals surface area (Å²) in [5.74, 6) is 0.676. The average molecular weight is 306 g/mol. The molecule has 1 N–H and O–H groups in total. The van der Waals surface area contributed by atoms with Crippen LogP contribution in [0, 0.1) is 0 Å². The number of carbonyl (C=O) groups excluding carboxylic acids is 1. The molecular weight excluding hydrogens is 289 g/mol. The third-order valence-corrected chi connectivity index (χ3v) is 3.00. The molecule has 106 valence electrons. The SMILES string of the molecule is COCCC(CCl)NC(=O)COc1cccc(Cl)c1. The van der Waals surface area contributed by atoms with Crippen LogP contribution in [0.15, 0.2) is 24.3 Å². The van der Waals surface area contributed by atoms with Gasteiger partial charge in [0.15, 0.2) is 6.61 Å². The van der Waals surface area contributed by atoms with Gasteiger partial charge in [-0.25, -0.2) is 0 Å². The zero-order valence-electron chi connectivity index (χ0n) is 10.7. The van der Waals surface area contributed by atoms with E-state index < -0.39 is 0 Å². The van der Waals surface area contributed by atoms with Crippen LogP contribution in [0.4, 0.5) is 0 Å². The molecule has 0 radical (unpaired) electrons. The first-order valence-electron chi connectivity index (χ1n) is 5.88. The highest BCUT2D eigenvalue weighted by molar-refractivity contribution is 6.30. The average Bonchev–Trinajstić information content (AvgIpc) is 2.41. The summed E-state index contributed by atoms with van der Waals surface area (Å²) in [7, 11) is 1.61. The smallest absolute Gasteiger partial charge is 0.258 e. The molecule has 0 aliphatic carbocycles. The van der Waals surface area contributed by atoms with Gasteiger partial charge in [-0.15, -0.1) is 11.6 Å². The summed E-state index contributed by atoms with van der Waals surface area (Å²) in [6.45, 7) is 0.480. The maximum absolute atomic E-state index is 11.7. The van der Waals surface area contributed by atoms with Crippen molar-refractivity contribution in [2.24, 2.45) is 0 Å². The fourth-order valence-electron chi connectivity index (χ4n) is 1.42. The minimum absolute atomic E-state index is 0.0687. The topological polar surface area (TPSA) is 47.6 Å². The molecule has 1 unspecified atom stereocenters. The molecule has 1 rings (SSSR count). The Hall–Kier alpha value is -0.970. The van der Waals surface area contributed by atoms with Gasteiger partial charge in [-0.3, -0.25) is 4.79 Å². The van der Waals surface area contributed by atoms with Gasteiger partial charge in [0, 0.05) is 30.7 Å². The lowest BCUT2D eigenvalue weighted by atomic mass is 10.2. The van der Waals surface area contributed by atoms with E-state index in [9.17, 15) is 4.79 Å². The summed E-state index contributed by atoms with van der Waals surface area (Å²) in [5.41, 5.74) is 0. The monoisotopic (exact) mass is 305 g/mol. The Kier molecular flexibility index (Phi) is 7.63. The number of hydrogen-bond acceptors (Lipinski definition) is 3. The van der Waals surface area contributed by atoms with Crippen molar-refractivity contribution in [1.82, 2.24) is 5.32 Å². The van der Waals surface area contributed by atoms with Gasteiger partial charge in [-0.2, -0.15) is 0 Å². The van der Waals surface area contributed by atoms with Crippen molar-refractivity contribution < 1.29 is 14.3 Å². The molecule has 0 saturated heterocycles. The summed E-state index contributed by atoms with van der Waals surface area (Å²) in [4.78, 5) is 11.7. The number of alkyl halides is 1. The first-order valence-corrected chi connectivity index (χ1v) is 6.79.